The highest BCUT2D eigenvalue weighted by molar-refractivity contribution is 5.88. The third-order valence-electron chi connectivity index (χ3n) is 4.67. The van der Waals surface area contributed by atoms with Crippen molar-refractivity contribution in [2.75, 3.05) is 13.2 Å². The molecule has 148 valence electrons. The molecular weight excluding hydrogens is 364 g/mol. The van der Waals surface area contributed by atoms with Crippen LogP contribution in [-0.2, 0) is 17.7 Å². The Morgan fingerprint density at radius 2 is 2.18 bits per heavy atom. The second-order valence-corrected chi connectivity index (χ2v) is 6.70. The Kier molecular flexibility index (Phi) is 5.92. The molecule has 1 aliphatic rings. The minimum Gasteiger partial charge on any atom is -0.450 e. The molecule has 28 heavy (non-hydrogen) atoms. The Morgan fingerprint density at radius 1 is 1.39 bits per heavy atom. The van der Waals surface area contributed by atoms with Crippen molar-refractivity contribution >= 4 is 30.1 Å². The summed E-state index contributed by atoms with van der Waals surface area (Å²) in [6.07, 6.45) is 2.90. The van der Waals surface area contributed by atoms with Crippen molar-refractivity contribution in [3.8, 4) is 0 Å². The summed E-state index contributed by atoms with van der Waals surface area (Å²) < 4.78 is 31.4. The molecule has 0 saturated carbocycles. The summed E-state index contributed by atoms with van der Waals surface area (Å²) in [5.41, 5.74) is 3.22. The van der Waals surface area contributed by atoms with E-state index in [9.17, 15) is 13.6 Å². The molecule has 0 radical (unpaired) electrons. The maximum Gasteiger partial charge on any atom is 0.410 e. The highest BCUT2D eigenvalue weighted by Gasteiger charge is 2.23. The van der Waals surface area contributed by atoms with Crippen molar-refractivity contribution in [3.63, 3.8) is 0 Å². The van der Waals surface area contributed by atoms with Crippen LogP contribution in [0.15, 0.2) is 23.2 Å². The number of fused-ring (bicyclic) bond motifs is 1. The van der Waals surface area contributed by atoms with Gasteiger partial charge in [0.25, 0.3) is 0 Å². The molecule has 0 bridgehead atoms. The molecule has 1 amide bonds. The fourth-order valence-electron chi connectivity index (χ4n) is 3.19. The minimum absolute atomic E-state index is 0.311. The van der Waals surface area contributed by atoms with Gasteiger partial charge in [-0.25, -0.2) is 13.6 Å². The van der Waals surface area contributed by atoms with E-state index in [2.05, 4.69) is 16.6 Å². The lowest BCUT2D eigenvalue weighted by Crippen LogP contribution is -2.38. The lowest BCUT2D eigenvalue weighted by atomic mass is 10.1. The molecule has 0 unspecified atom stereocenters. The van der Waals surface area contributed by atoms with Crippen molar-refractivity contribution in [2.45, 2.75) is 33.2 Å². The molecule has 7 heteroatoms. The van der Waals surface area contributed by atoms with Gasteiger partial charge in [0.05, 0.1) is 18.8 Å². The molecule has 0 aliphatic carbocycles. The summed E-state index contributed by atoms with van der Waals surface area (Å²) in [6, 6.07) is 3.57. The van der Waals surface area contributed by atoms with Crippen LogP contribution in [0.3, 0.4) is 0 Å². The smallest absolute Gasteiger partial charge is 0.410 e. The van der Waals surface area contributed by atoms with E-state index >= 15 is 0 Å². The normalized spacial score (nSPS) is 14.9. The number of aromatic amines is 1. The quantitative estimate of drug-likeness (QED) is 0.820. The number of nitrogens with zero attached hydrogens (tertiary/aromatic N) is 2. The molecule has 1 aromatic heterocycles. The average molecular weight is 387 g/mol. The number of hydrogen-bond acceptors (Lipinski definition) is 3. The van der Waals surface area contributed by atoms with Gasteiger partial charge in [0.2, 0.25) is 0 Å². The van der Waals surface area contributed by atoms with Gasteiger partial charge in [-0.1, -0.05) is 12.7 Å². The lowest BCUT2D eigenvalue weighted by Gasteiger charge is -2.26. The van der Waals surface area contributed by atoms with Crippen molar-refractivity contribution in [2.24, 2.45) is 4.99 Å². The average Bonchev–Trinajstić information content (AvgIpc) is 2.98. The van der Waals surface area contributed by atoms with Crippen LogP contribution in [0.2, 0.25) is 0 Å². The van der Waals surface area contributed by atoms with Gasteiger partial charge in [0.1, 0.15) is 0 Å². The summed E-state index contributed by atoms with van der Waals surface area (Å²) in [6.45, 7) is 9.17. The van der Waals surface area contributed by atoms with E-state index in [1.165, 1.54) is 6.07 Å². The standard InChI is InChI=1S/C21H23F2N3O2/c1-4-28-21(27)26-10-9-20-16(12-26)14(3)19(25-20)8-5-13(2)24-15-6-7-17(22)18(23)11-15/h6-8,11,25H,3-5,9-10,12H2,1-2H3/b19-8+,24-13?. The summed E-state index contributed by atoms with van der Waals surface area (Å²) in [5.74, 6) is -1.81. The number of ether oxygens (including phenoxy) is 1. The topological polar surface area (TPSA) is 57.7 Å². The number of aromatic nitrogens is 1. The number of hydrogen-bond donors (Lipinski definition) is 1. The monoisotopic (exact) mass is 387 g/mol. The van der Waals surface area contributed by atoms with Crippen LogP contribution >= 0.6 is 0 Å². The van der Waals surface area contributed by atoms with Crippen LogP contribution in [-0.4, -0.2) is 34.8 Å². The molecule has 1 N–H and O–H groups in total. The Balaban J connectivity index is 1.77. The first-order valence-corrected chi connectivity index (χ1v) is 9.18. The van der Waals surface area contributed by atoms with Gasteiger partial charge in [-0.2, -0.15) is 0 Å². The van der Waals surface area contributed by atoms with Crippen LogP contribution in [0.5, 0.6) is 0 Å². The van der Waals surface area contributed by atoms with Crippen molar-refractivity contribution in [1.82, 2.24) is 9.88 Å². The molecule has 0 spiro atoms. The van der Waals surface area contributed by atoms with Crippen LogP contribution in [0.1, 0.15) is 31.5 Å². The Bertz CT molecular complexity index is 1030. The fourth-order valence-corrected chi connectivity index (χ4v) is 3.19. The first-order chi connectivity index (χ1) is 13.4. The zero-order valence-electron chi connectivity index (χ0n) is 16.0. The highest BCUT2D eigenvalue weighted by atomic mass is 19.2. The summed E-state index contributed by atoms with van der Waals surface area (Å²) in [7, 11) is 0. The number of halogens is 2. The van der Waals surface area contributed by atoms with Gasteiger partial charge in [0, 0.05) is 42.2 Å². The highest BCUT2D eigenvalue weighted by Crippen LogP contribution is 2.17. The first kappa shape index (κ1) is 19.8. The maximum absolute atomic E-state index is 13.3. The number of aliphatic imine (C=N–C) groups is 1. The third kappa shape index (κ3) is 4.30. The molecule has 1 aliphatic heterocycles. The number of carbonyl (C=O) groups excluding carboxylic acids is 1. The number of carbonyl (C=O) groups is 1. The first-order valence-electron chi connectivity index (χ1n) is 9.18. The van der Waals surface area contributed by atoms with Crippen molar-refractivity contribution < 1.29 is 18.3 Å². The summed E-state index contributed by atoms with van der Waals surface area (Å²) >= 11 is 0. The minimum atomic E-state index is -0.915. The molecule has 5 nitrogen and oxygen atoms in total. The predicted octanol–water partition coefficient (Wildman–Crippen LogP) is 3.18. The number of nitrogens with one attached hydrogen (secondary N) is 1. The van der Waals surface area contributed by atoms with Crippen LogP contribution in [0.4, 0.5) is 19.3 Å². The second kappa shape index (κ2) is 8.37. The van der Waals surface area contributed by atoms with Gasteiger partial charge >= 0.3 is 6.09 Å². The van der Waals surface area contributed by atoms with E-state index in [1.54, 1.807) is 11.8 Å². The van der Waals surface area contributed by atoms with Crippen molar-refractivity contribution in [1.29, 1.82) is 0 Å². The number of benzene rings is 1. The van der Waals surface area contributed by atoms with E-state index in [4.69, 9.17) is 4.74 Å². The van der Waals surface area contributed by atoms with Gasteiger partial charge in [-0.15, -0.1) is 0 Å². The van der Waals surface area contributed by atoms with Crippen LogP contribution in [0.25, 0.3) is 12.7 Å². The van der Waals surface area contributed by atoms with Gasteiger partial charge in [0.15, 0.2) is 11.6 Å². The molecule has 2 heterocycles. The predicted molar refractivity (Wildman–Crippen MR) is 105 cm³/mol. The number of amides is 1. The molecule has 0 atom stereocenters. The maximum atomic E-state index is 13.3. The molecule has 2 aromatic rings. The SMILES string of the molecule is C=c1c2c([nH]/c1=C/CC(C)=Nc1ccc(F)c(F)c1)CCN(C(=O)OCC)C2. The zero-order chi connectivity index (χ0) is 20.3. The molecule has 0 fully saturated rings. The number of rotatable bonds is 4. The van der Waals surface area contributed by atoms with E-state index in [1.807, 2.05) is 13.0 Å². The number of H-pyrrole nitrogens is 1. The zero-order valence-corrected chi connectivity index (χ0v) is 16.0. The molecule has 0 saturated heterocycles. The molecule has 3 rings (SSSR count). The van der Waals surface area contributed by atoms with E-state index in [0.717, 1.165) is 39.7 Å². The fraction of sp³-hybridized carbons (Fsp3) is 0.333. The van der Waals surface area contributed by atoms with E-state index in [-0.39, 0.29) is 6.09 Å². The Hall–Kier alpha value is -2.96. The second-order valence-electron chi connectivity index (χ2n) is 6.70. The molecule has 1 aromatic carbocycles. The summed E-state index contributed by atoms with van der Waals surface area (Å²) in [4.78, 5) is 21.3. The Labute approximate surface area is 162 Å². The lowest BCUT2D eigenvalue weighted by molar-refractivity contribution is 0.102. The molecular formula is C21H23F2N3O2. The van der Waals surface area contributed by atoms with Crippen LogP contribution < -0.4 is 10.6 Å². The van der Waals surface area contributed by atoms with E-state index < -0.39 is 11.6 Å². The largest absolute Gasteiger partial charge is 0.450 e. The third-order valence-corrected chi connectivity index (χ3v) is 4.67. The summed E-state index contributed by atoms with van der Waals surface area (Å²) in [5, 5.41) is 1.74. The van der Waals surface area contributed by atoms with Gasteiger partial charge in [-0.3, -0.25) is 4.99 Å². The van der Waals surface area contributed by atoms with Crippen LogP contribution in [0, 0.1) is 11.6 Å². The van der Waals surface area contributed by atoms with Crippen molar-refractivity contribution in [3.05, 3.63) is 51.7 Å². The Morgan fingerprint density at radius 3 is 2.89 bits per heavy atom. The van der Waals surface area contributed by atoms with Gasteiger partial charge in [-0.05, 0) is 36.8 Å². The van der Waals surface area contributed by atoms with Gasteiger partial charge < -0.3 is 14.6 Å². The van der Waals surface area contributed by atoms with E-state index in [0.29, 0.717) is 38.2 Å².